The Hall–Kier alpha value is -1.95. The zero-order valence-electron chi connectivity index (χ0n) is 19.7. The number of halogens is 1. The summed E-state index contributed by atoms with van der Waals surface area (Å²) >= 11 is 7.33. The van der Waals surface area contributed by atoms with E-state index < -0.39 is 32.9 Å². The maximum atomic E-state index is 14.0. The first-order chi connectivity index (χ1) is 15.3. The topological polar surface area (TPSA) is 109 Å². The van der Waals surface area contributed by atoms with Crippen molar-refractivity contribution >= 4 is 34.9 Å². The lowest BCUT2D eigenvalue weighted by Crippen LogP contribution is -2.66. The second-order valence-corrected chi connectivity index (χ2v) is 11.8. The van der Waals surface area contributed by atoms with Crippen molar-refractivity contribution in [3.63, 3.8) is 0 Å². The molecule has 0 bridgehead atoms. The SMILES string of the molecule is CC(=O)[C@@]1(CCCC(=O)O)[C@@H](C)C[C@H]2[C@@H]3CCC4=CC(=O)C(O)=C[C@]4(C)[C@@]3(Cl)C(=O)C[C@@]21C. The van der Waals surface area contributed by atoms with Crippen LogP contribution in [0, 0.1) is 34.0 Å². The maximum Gasteiger partial charge on any atom is 0.303 e. The van der Waals surface area contributed by atoms with Gasteiger partial charge in [0, 0.05) is 23.7 Å². The number of fused-ring (bicyclic) bond motifs is 5. The van der Waals surface area contributed by atoms with Crippen LogP contribution in [0.5, 0.6) is 0 Å². The first-order valence-corrected chi connectivity index (χ1v) is 12.3. The summed E-state index contributed by atoms with van der Waals surface area (Å²) in [6.45, 7) is 7.50. The van der Waals surface area contributed by atoms with Crippen LogP contribution in [-0.2, 0) is 19.2 Å². The van der Waals surface area contributed by atoms with Gasteiger partial charge in [-0.3, -0.25) is 19.2 Å². The molecule has 0 radical (unpaired) electrons. The number of carbonyl (C=O) groups is 4. The van der Waals surface area contributed by atoms with Crippen molar-refractivity contribution < 1.29 is 29.4 Å². The number of carbonyl (C=O) groups excluding carboxylic acids is 3. The molecule has 4 rings (SSSR count). The van der Waals surface area contributed by atoms with Crippen LogP contribution >= 0.6 is 11.6 Å². The third kappa shape index (κ3) is 2.92. The maximum absolute atomic E-state index is 14.0. The first kappa shape index (κ1) is 24.2. The fourth-order valence-electron chi connectivity index (χ4n) is 8.43. The highest BCUT2D eigenvalue weighted by Crippen LogP contribution is 2.73. The lowest BCUT2D eigenvalue weighted by molar-refractivity contribution is -0.153. The number of hydrogen-bond acceptors (Lipinski definition) is 5. The molecule has 3 saturated carbocycles. The smallest absolute Gasteiger partial charge is 0.303 e. The first-order valence-electron chi connectivity index (χ1n) is 11.9. The summed E-state index contributed by atoms with van der Waals surface area (Å²) in [4.78, 5) is 49.2. The van der Waals surface area contributed by atoms with Gasteiger partial charge in [0.05, 0.1) is 0 Å². The molecule has 0 aromatic carbocycles. The van der Waals surface area contributed by atoms with Gasteiger partial charge in [0.1, 0.15) is 10.7 Å². The molecular weight excluding hydrogens is 444 g/mol. The van der Waals surface area contributed by atoms with Crippen LogP contribution in [0.2, 0.25) is 0 Å². The third-order valence-electron chi connectivity index (χ3n) is 9.94. The number of hydrogen-bond donors (Lipinski definition) is 2. The minimum Gasteiger partial charge on any atom is -0.504 e. The molecule has 6 nitrogen and oxygen atoms in total. The van der Waals surface area contributed by atoms with E-state index >= 15 is 0 Å². The zero-order chi connectivity index (χ0) is 24.6. The van der Waals surface area contributed by atoms with Crippen LogP contribution in [0.3, 0.4) is 0 Å². The molecule has 0 saturated heterocycles. The molecule has 33 heavy (non-hydrogen) atoms. The van der Waals surface area contributed by atoms with E-state index in [1.807, 2.05) is 20.8 Å². The Morgan fingerprint density at radius 1 is 1.21 bits per heavy atom. The minimum atomic E-state index is -1.30. The highest BCUT2D eigenvalue weighted by molar-refractivity contribution is 6.37. The number of carboxylic acid groups (broad SMARTS) is 1. The Balaban J connectivity index is 1.81. The van der Waals surface area contributed by atoms with Gasteiger partial charge in [0.15, 0.2) is 11.5 Å². The molecule has 0 amide bonds. The van der Waals surface area contributed by atoms with Crippen LogP contribution in [-0.4, -0.2) is 38.4 Å². The van der Waals surface area contributed by atoms with E-state index in [-0.39, 0.29) is 47.9 Å². The van der Waals surface area contributed by atoms with Gasteiger partial charge < -0.3 is 10.2 Å². The van der Waals surface area contributed by atoms with E-state index in [0.29, 0.717) is 25.7 Å². The predicted octanol–water partition coefficient (Wildman–Crippen LogP) is 4.80. The highest BCUT2D eigenvalue weighted by atomic mass is 35.5. The predicted molar refractivity (Wildman–Crippen MR) is 123 cm³/mol. The number of rotatable bonds is 5. The molecule has 2 N–H and O–H groups in total. The van der Waals surface area contributed by atoms with Gasteiger partial charge >= 0.3 is 5.97 Å². The number of carboxylic acids is 1. The number of aliphatic hydroxyl groups is 1. The van der Waals surface area contributed by atoms with Gasteiger partial charge in [-0.1, -0.05) is 26.3 Å². The molecule has 0 heterocycles. The molecule has 4 aliphatic carbocycles. The van der Waals surface area contributed by atoms with E-state index in [0.717, 1.165) is 12.0 Å². The highest BCUT2D eigenvalue weighted by Gasteiger charge is 2.74. The largest absolute Gasteiger partial charge is 0.504 e. The third-order valence-corrected chi connectivity index (χ3v) is 10.8. The Morgan fingerprint density at radius 3 is 2.48 bits per heavy atom. The number of aliphatic carboxylic acids is 1. The van der Waals surface area contributed by atoms with Gasteiger partial charge in [-0.15, -0.1) is 11.6 Å². The number of alkyl halides is 1. The van der Waals surface area contributed by atoms with Crippen LogP contribution in [0.15, 0.2) is 23.5 Å². The van der Waals surface area contributed by atoms with E-state index in [1.54, 1.807) is 6.92 Å². The quantitative estimate of drug-likeness (QED) is 0.552. The summed E-state index contributed by atoms with van der Waals surface area (Å²) < 4.78 is 0. The van der Waals surface area contributed by atoms with Gasteiger partial charge in [-0.2, -0.15) is 0 Å². The van der Waals surface area contributed by atoms with Gasteiger partial charge in [0.2, 0.25) is 5.78 Å². The fraction of sp³-hybridized carbons (Fsp3) is 0.692. The molecule has 0 aromatic rings. The number of aliphatic hydroxyl groups excluding tert-OH is 1. The van der Waals surface area contributed by atoms with Crippen molar-refractivity contribution in [3.05, 3.63) is 23.5 Å². The number of Topliss-reactive ketones (excluding diaryl/α,β-unsaturated/α-hetero) is 2. The van der Waals surface area contributed by atoms with Crippen LogP contribution < -0.4 is 0 Å². The Kier molecular flexibility index (Phi) is 5.51. The summed E-state index contributed by atoms with van der Waals surface area (Å²) in [6, 6.07) is 0. The fourth-order valence-corrected chi connectivity index (χ4v) is 8.93. The van der Waals surface area contributed by atoms with Crippen molar-refractivity contribution in [2.24, 2.45) is 34.0 Å². The van der Waals surface area contributed by atoms with Gasteiger partial charge in [-0.05, 0) is 74.3 Å². The van der Waals surface area contributed by atoms with Crippen molar-refractivity contribution in [2.45, 2.75) is 77.5 Å². The average Bonchev–Trinajstić information content (AvgIpc) is 2.92. The monoisotopic (exact) mass is 476 g/mol. The Labute approximate surface area is 199 Å². The molecule has 180 valence electrons. The van der Waals surface area contributed by atoms with Crippen molar-refractivity contribution in [1.29, 1.82) is 0 Å². The molecule has 0 aromatic heterocycles. The lowest BCUT2D eigenvalue weighted by Gasteiger charge is -2.61. The van der Waals surface area contributed by atoms with Gasteiger partial charge in [-0.25, -0.2) is 0 Å². The molecule has 7 heteroatoms. The summed E-state index contributed by atoms with van der Waals surface area (Å²) in [5.41, 5.74) is -1.59. The normalized spacial score (nSPS) is 44.3. The molecular formula is C26H33ClO6. The van der Waals surface area contributed by atoms with Crippen LogP contribution in [0.4, 0.5) is 0 Å². The second-order valence-electron chi connectivity index (χ2n) is 11.2. The molecule has 3 fully saturated rings. The number of ketones is 3. The van der Waals surface area contributed by atoms with E-state index in [1.165, 1.54) is 12.2 Å². The van der Waals surface area contributed by atoms with Crippen LogP contribution in [0.25, 0.3) is 0 Å². The lowest BCUT2D eigenvalue weighted by atomic mass is 9.44. The van der Waals surface area contributed by atoms with E-state index in [9.17, 15) is 24.3 Å². The Morgan fingerprint density at radius 2 is 1.88 bits per heavy atom. The Bertz CT molecular complexity index is 1010. The second kappa shape index (κ2) is 7.53. The molecule has 0 spiro atoms. The molecule has 0 unspecified atom stereocenters. The zero-order valence-corrected chi connectivity index (χ0v) is 20.5. The molecule has 0 aliphatic heterocycles. The summed E-state index contributed by atoms with van der Waals surface area (Å²) in [6.07, 6.45) is 5.81. The summed E-state index contributed by atoms with van der Waals surface area (Å²) in [5.74, 6) is -2.09. The summed E-state index contributed by atoms with van der Waals surface area (Å²) in [7, 11) is 0. The standard InChI is InChI=1S/C26H33ClO6/c1-14-10-18-17-8-7-16-11-19(29)20(30)12-23(16,3)26(17,27)21(31)13-24(18,4)25(14,15(2)28)9-5-6-22(32)33/h11-12,14,17-18,30H,5-10,13H2,1-4H3,(H,32,33)/t14-,17-,18-,23-,24-,25+,26-/m0/s1. The average molecular weight is 477 g/mol. The van der Waals surface area contributed by atoms with Crippen molar-refractivity contribution in [2.75, 3.05) is 0 Å². The van der Waals surface area contributed by atoms with E-state index in [2.05, 4.69) is 0 Å². The summed E-state index contributed by atoms with van der Waals surface area (Å²) in [5, 5.41) is 19.4. The number of allylic oxidation sites excluding steroid dienone is 3. The molecule has 4 aliphatic rings. The van der Waals surface area contributed by atoms with E-state index in [4.69, 9.17) is 16.7 Å². The molecule has 7 atom stereocenters. The minimum absolute atomic E-state index is 0.00275. The van der Waals surface area contributed by atoms with Crippen LogP contribution in [0.1, 0.15) is 72.6 Å². The van der Waals surface area contributed by atoms with Crippen molar-refractivity contribution in [1.82, 2.24) is 0 Å². The van der Waals surface area contributed by atoms with Crippen molar-refractivity contribution in [3.8, 4) is 0 Å². The van der Waals surface area contributed by atoms with Gasteiger partial charge in [0.25, 0.3) is 0 Å².